The molecule has 0 atom stereocenters. The van der Waals surface area contributed by atoms with Crippen LogP contribution < -0.4 is 4.74 Å². The fourth-order valence-corrected chi connectivity index (χ4v) is 6.53. The summed E-state index contributed by atoms with van der Waals surface area (Å²) in [5, 5.41) is 0. The van der Waals surface area contributed by atoms with Crippen LogP contribution in [-0.2, 0) is 14.9 Å². The van der Waals surface area contributed by atoms with E-state index in [-0.39, 0.29) is 19.3 Å². The molecule has 0 spiro atoms. The highest BCUT2D eigenvalue weighted by Gasteiger charge is 2.36. The SMILES string of the molecule is CCOC(=O)c1c(I)c(I)c(I)c(I)c1C(=O)Oc1c(F)c(F)c(S(=O)(=O)O)c(F)c1F. The summed E-state index contributed by atoms with van der Waals surface area (Å²) in [6.45, 7) is 1.43. The van der Waals surface area contributed by atoms with Gasteiger partial charge in [-0.3, -0.25) is 4.55 Å². The van der Waals surface area contributed by atoms with Gasteiger partial charge in [-0.25, -0.2) is 18.4 Å². The summed E-state index contributed by atoms with van der Waals surface area (Å²) in [5.41, 5.74) is -0.792. The van der Waals surface area contributed by atoms with E-state index in [2.05, 4.69) is 4.74 Å². The lowest BCUT2D eigenvalue weighted by atomic mass is 10.1. The molecular weight excluding hydrogens is 920 g/mol. The van der Waals surface area contributed by atoms with Crippen molar-refractivity contribution in [1.29, 1.82) is 0 Å². The molecule has 0 heterocycles. The zero-order valence-electron chi connectivity index (χ0n) is 15.0. The van der Waals surface area contributed by atoms with Crippen LogP contribution >= 0.6 is 90.4 Å². The van der Waals surface area contributed by atoms with Gasteiger partial charge in [0.2, 0.25) is 17.4 Å². The van der Waals surface area contributed by atoms with Crippen molar-refractivity contribution in [2.75, 3.05) is 6.61 Å². The summed E-state index contributed by atoms with van der Waals surface area (Å²) in [5.74, 6) is -14.2. The van der Waals surface area contributed by atoms with Gasteiger partial charge in [0.05, 0.1) is 17.7 Å². The zero-order valence-corrected chi connectivity index (χ0v) is 24.5. The first kappa shape index (κ1) is 28.2. The fourth-order valence-electron chi connectivity index (χ4n) is 2.27. The van der Waals surface area contributed by atoms with Crippen LogP contribution in [0.5, 0.6) is 5.75 Å². The molecule has 2 aromatic carbocycles. The largest absolute Gasteiger partial charge is 0.462 e. The van der Waals surface area contributed by atoms with Crippen LogP contribution in [0.2, 0.25) is 0 Å². The lowest BCUT2D eigenvalue weighted by Crippen LogP contribution is -2.22. The topological polar surface area (TPSA) is 107 Å². The molecule has 0 bridgehead atoms. The second-order valence-electron chi connectivity index (χ2n) is 5.51. The average Bonchev–Trinajstić information content (AvgIpc) is 2.69. The zero-order chi connectivity index (χ0) is 24.7. The van der Waals surface area contributed by atoms with Crippen LogP contribution in [0.4, 0.5) is 17.6 Å². The Hall–Kier alpha value is -0.0700. The Balaban J connectivity index is 2.76. The Bertz CT molecular complexity index is 1240. The molecule has 2 rings (SSSR count). The molecule has 174 valence electrons. The van der Waals surface area contributed by atoms with E-state index in [0.717, 1.165) is 0 Å². The number of esters is 2. The van der Waals surface area contributed by atoms with Crippen molar-refractivity contribution in [3.05, 3.63) is 48.7 Å². The van der Waals surface area contributed by atoms with E-state index in [4.69, 9.17) is 9.29 Å². The lowest BCUT2D eigenvalue weighted by molar-refractivity contribution is 0.0514. The third kappa shape index (κ3) is 5.27. The molecule has 1 N–H and O–H groups in total. The summed E-state index contributed by atoms with van der Waals surface area (Å²) in [4.78, 5) is 23.0. The maximum Gasteiger partial charge on any atom is 0.345 e. The van der Waals surface area contributed by atoms with E-state index < -0.39 is 61.5 Å². The van der Waals surface area contributed by atoms with Crippen molar-refractivity contribution < 1.29 is 49.6 Å². The summed E-state index contributed by atoms with van der Waals surface area (Å²) in [7, 11) is -5.69. The smallest absolute Gasteiger partial charge is 0.345 e. The van der Waals surface area contributed by atoms with Gasteiger partial charge in [-0.2, -0.15) is 17.2 Å². The molecule has 0 radical (unpaired) electrons. The quantitative estimate of drug-likeness (QED) is 0.0826. The highest BCUT2D eigenvalue weighted by atomic mass is 127. The van der Waals surface area contributed by atoms with Crippen LogP contribution in [-0.4, -0.2) is 31.5 Å². The first-order valence-corrected chi connectivity index (χ1v) is 13.5. The molecule has 0 unspecified atom stereocenters. The normalized spacial score (nSPS) is 11.4. The van der Waals surface area contributed by atoms with Gasteiger partial charge in [0.1, 0.15) is 0 Å². The van der Waals surface area contributed by atoms with Gasteiger partial charge in [0.15, 0.2) is 16.5 Å². The van der Waals surface area contributed by atoms with Crippen molar-refractivity contribution in [2.45, 2.75) is 11.8 Å². The fraction of sp³-hybridized carbons (Fsp3) is 0.125. The van der Waals surface area contributed by atoms with E-state index in [1.54, 1.807) is 45.2 Å². The van der Waals surface area contributed by atoms with Crippen molar-refractivity contribution in [3.63, 3.8) is 0 Å². The minimum absolute atomic E-state index is 0.0701. The molecule has 0 saturated carbocycles. The minimum Gasteiger partial charge on any atom is -0.462 e. The predicted octanol–water partition coefficient (Wildman–Crippen LogP) is 5.30. The number of rotatable bonds is 5. The monoisotopic (exact) mass is 926 g/mol. The van der Waals surface area contributed by atoms with E-state index in [0.29, 0.717) is 7.14 Å². The van der Waals surface area contributed by atoms with Crippen molar-refractivity contribution >= 4 is 112 Å². The second-order valence-corrected chi connectivity index (χ2v) is 11.2. The maximum absolute atomic E-state index is 14.3. The van der Waals surface area contributed by atoms with Crippen molar-refractivity contribution in [2.24, 2.45) is 0 Å². The summed E-state index contributed by atoms with van der Waals surface area (Å²) < 4.78 is 98.4. The minimum atomic E-state index is -5.69. The Morgan fingerprint density at radius 3 is 1.59 bits per heavy atom. The molecular formula is C16H6F4I4O7S. The Morgan fingerprint density at radius 1 is 0.812 bits per heavy atom. The summed E-state index contributed by atoms with van der Waals surface area (Å²) in [6, 6.07) is 0. The average molecular weight is 926 g/mol. The van der Waals surface area contributed by atoms with Gasteiger partial charge in [0, 0.05) is 14.3 Å². The Kier molecular flexibility index (Phi) is 9.40. The molecule has 2 aromatic rings. The van der Waals surface area contributed by atoms with Gasteiger partial charge >= 0.3 is 22.1 Å². The molecule has 0 aliphatic carbocycles. The molecule has 16 heteroatoms. The lowest BCUT2D eigenvalue weighted by Gasteiger charge is -2.16. The molecule has 0 aliphatic heterocycles. The molecule has 0 saturated heterocycles. The molecule has 0 fully saturated rings. The number of benzene rings is 2. The third-order valence-electron chi connectivity index (χ3n) is 3.59. The highest BCUT2D eigenvalue weighted by Crippen LogP contribution is 2.36. The number of hydrogen-bond donors (Lipinski definition) is 1. The first-order chi connectivity index (χ1) is 14.7. The molecule has 7 nitrogen and oxygen atoms in total. The van der Waals surface area contributed by atoms with Gasteiger partial charge in [-0.05, 0) is 97.3 Å². The Morgan fingerprint density at radius 2 is 1.22 bits per heavy atom. The van der Waals surface area contributed by atoms with Crippen LogP contribution in [0, 0.1) is 37.5 Å². The van der Waals surface area contributed by atoms with Gasteiger partial charge in [-0.15, -0.1) is 0 Å². The number of halogens is 8. The van der Waals surface area contributed by atoms with Crippen molar-refractivity contribution in [3.8, 4) is 5.75 Å². The molecule has 32 heavy (non-hydrogen) atoms. The van der Waals surface area contributed by atoms with Crippen LogP contribution in [0.15, 0.2) is 4.90 Å². The van der Waals surface area contributed by atoms with Crippen molar-refractivity contribution in [1.82, 2.24) is 0 Å². The second kappa shape index (κ2) is 10.7. The van der Waals surface area contributed by atoms with Gasteiger partial charge < -0.3 is 9.47 Å². The standard InChI is InChI=1S/C16H6F4I4O7S/c1-2-30-15(25)3-4(10(22)12(24)11(23)9(3)21)16(26)31-13-5(17)7(19)14(32(27,28)29)8(20)6(13)18/h2H2,1H3,(H,27,28,29). The molecule has 0 aliphatic rings. The van der Waals surface area contributed by atoms with E-state index >= 15 is 0 Å². The summed E-state index contributed by atoms with van der Waals surface area (Å²) in [6.07, 6.45) is 0. The predicted molar refractivity (Wildman–Crippen MR) is 134 cm³/mol. The van der Waals surface area contributed by atoms with E-state index in [9.17, 15) is 35.6 Å². The van der Waals surface area contributed by atoms with Crippen LogP contribution in [0.1, 0.15) is 27.6 Å². The van der Waals surface area contributed by atoms with E-state index in [1.807, 2.05) is 45.2 Å². The van der Waals surface area contributed by atoms with Crippen LogP contribution in [0.25, 0.3) is 0 Å². The van der Waals surface area contributed by atoms with E-state index in [1.165, 1.54) is 6.92 Å². The number of ether oxygens (including phenoxy) is 2. The molecule has 0 amide bonds. The Labute approximate surface area is 232 Å². The summed E-state index contributed by atoms with van der Waals surface area (Å²) >= 11 is 7.15. The number of carbonyl (C=O) groups is 2. The maximum atomic E-state index is 14.3. The third-order valence-corrected chi connectivity index (χ3v) is 11.9. The van der Waals surface area contributed by atoms with Gasteiger partial charge in [0.25, 0.3) is 0 Å². The highest BCUT2D eigenvalue weighted by molar-refractivity contribution is 14.1. The number of hydrogen-bond acceptors (Lipinski definition) is 6. The van der Waals surface area contributed by atoms with Gasteiger partial charge in [-0.1, -0.05) is 0 Å². The first-order valence-electron chi connectivity index (χ1n) is 7.75. The van der Waals surface area contributed by atoms with Crippen LogP contribution in [0.3, 0.4) is 0 Å². The number of carbonyl (C=O) groups excluding carboxylic acids is 2. The molecule has 0 aromatic heterocycles.